The Morgan fingerprint density at radius 2 is 1.72 bits per heavy atom. The van der Waals surface area contributed by atoms with Gasteiger partial charge in [0.2, 0.25) is 17.6 Å². The Morgan fingerprint density at radius 1 is 1.03 bits per heavy atom. The second-order valence-corrected chi connectivity index (χ2v) is 6.35. The number of anilines is 1. The van der Waals surface area contributed by atoms with Gasteiger partial charge in [0.25, 0.3) is 5.91 Å². The Balaban J connectivity index is 1.52. The van der Waals surface area contributed by atoms with Crippen LogP contribution in [-0.4, -0.2) is 44.9 Å². The van der Waals surface area contributed by atoms with Gasteiger partial charge in [-0.25, -0.2) is 0 Å². The lowest BCUT2D eigenvalue weighted by atomic mass is 10.1. The van der Waals surface area contributed by atoms with Crippen molar-refractivity contribution in [1.29, 1.82) is 0 Å². The van der Waals surface area contributed by atoms with Gasteiger partial charge in [-0.3, -0.25) is 14.6 Å². The minimum atomic E-state index is -0.170. The highest BCUT2D eigenvalue weighted by molar-refractivity contribution is 5.95. The van der Waals surface area contributed by atoms with Crippen molar-refractivity contribution < 1.29 is 14.1 Å². The van der Waals surface area contributed by atoms with Crippen molar-refractivity contribution >= 4 is 17.5 Å². The van der Waals surface area contributed by atoms with E-state index in [1.165, 1.54) is 0 Å². The monoisotopic (exact) mass is 393 g/mol. The van der Waals surface area contributed by atoms with Gasteiger partial charge in [-0.15, -0.1) is 0 Å². The van der Waals surface area contributed by atoms with Crippen LogP contribution in [0.1, 0.15) is 36.5 Å². The van der Waals surface area contributed by atoms with Crippen LogP contribution in [0.3, 0.4) is 0 Å². The molecular weight excluding hydrogens is 370 g/mol. The number of hydrogen-bond acceptors (Lipinski definition) is 6. The molecule has 0 aliphatic carbocycles. The number of pyridine rings is 1. The smallest absolute Gasteiger partial charge is 0.253 e. The molecule has 0 atom stereocenters. The lowest BCUT2D eigenvalue weighted by Gasteiger charge is -2.18. The fourth-order valence-electron chi connectivity index (χ4n) is 2.81. The van der Waals surface area contributed by atoms with E-state index < -0.39 is 0 Å². The van der Waals surface area contributed by atoms with E-state index in [0.29, 0.717) is 42.5 Å². The summed E-state index contributed by atoms with van der Waals surface area (Å²) in [5.74, 6) is 0.675. The number of aromatic nitrogens is 3. The molecule has 0 unspecified atom stereocenters. The first-order valence-electron chi connectivity index (χ1n) is 9.52. The van der Waals surface area contributed by atoms with Gasteiger partial charge in [-0.05, 0) is 50.2 Å². The Bertz CT molecular complexity index is 950. The summed E-state index contributed by atoms with van der Waals surface area (Å²) in [6.45, 7) is 5.21. The van der Waals surface area contributed by atoms with Crippen LogP contribution in [0.25, 0.3) is 11.4 Å². The number of nitrogens with zero attached hydrogens (tertiary/aromatic N) is 4. The van der Waals surface area contributed by atoms with Crippen LogP contribution >= 0.6 is 0 Å². The zero-order chi connectivity index (χ0) is 20.6. The molecule has 0 aliphatic heterocycles. The average Bonchev–Trinajstić information content (AvgIpc) is 3.23. The number of aryl methyl sites for hydroxylation is 1. The van der Waals surface area contributed by atoms with Crippen LogP contribution in [0.15, 0.2) is 53.3 Å². The summed E-state index contributed by atoms with van der Waals surface area (Å²) in [6.07, 6.45) is 3.85. The molecule has 2 heterocycles. The van der Waals surface area contributed by atoms with Crippen molar-refractivity contribution in [3.05, 3.63) is 60.2 Å². The van der Waals surface area contributed by atoms with Gasteiger partial charge >= 0.3 is 0 Å². The normalized spacial score (nSPS) is 10.6. The van der Waals surface area contributed by atoms with Crippen molar-refractivity contribution in [3.63, 3.8) is 0 Å². The summed E-state index contributed by atoms with van der Waals surface area (Å²) < 4.78 is 5.20. The van der Waals surface area contributed by atoms with E-state index in [1.54, 1.807) is 53.7 Å². The molecule has 1 N–H and O–H groups in total. The third-order valence-corrected chi connectivity index (χ3v) is 4.44. The predicted molar refractivity (Wildman–Crippen MR) is 108 cm³/mol. The standard InChI is InChI=1S/C21H23N5O3/c1-3-26(4-2)21(28)16-5-7-17(8-6-16)23-18(27)9-10-19-24-20(25-29-19)15-11-13-22-14-12-15/h5-8,11-14H,3-4,9-10H2,1-2H3,(H,23,27). The number of rotatable bonds is 8. The summed E-state index contributed by atoms with van der Waals surface area (Å²) in [4.78, 5) is 34.5. The Labute approximate surface area is 169 Å². The Morgan fingerprint density at radius 3 is 2.38 bits per heavy atom. The van der Waals surface area contributed by atoms with Gasteiger partial charge in [0, 0.05) is 55.1 Å². The number of carbonyl (C=O) groups excluding carboxylic acids is 2. The van der Waals surface area contributed by atoms with Crippen LogP contribution in [-0.2, 0) is 11.2 Å². The summed E-state index contributed by atoms with van der Waals surface area (Å²) in [7, 11) is 0. The quantitative estimate of drug-likeness (QED) is 0.631. The van der Waals surface area contributed by atoms with E-state index in [0.717, 1.165) is 5.56 Å². The number of nitrogens with one attached hydrogen (secondary N) is 1. The van der Waals surface area contributed by atoms with Crippen LogP contribution in [0.4, 0.5) is 5.69 Å². The second kappa shape index (κ2) is 9.59. The Hall–Kier alpha value is -3.55. The minimum Gasteiger partial charge on any atom is -0.339 e. The van der Waals surface area contributed by atoms with Gasteiger partial charge in [-0.1, -0.05) is 5.16 Å². The van der Waals surface area contributed by atoms with E-state index >= 15 is 0 Å². The molecule has 8 heteroatoms. The molecule has 29 heavy (non-hydrogen) atoms. The molecule has 150 valence electrons. The fourth-order valence-corrected chi connectivity index (χ4v) is 2.81. The zero-order valence-corrected chi connectivity index (χ0v) is 16.5. The lowest BCUT2D eigenvalue weighted by Crippen LogP contribution is -2.30. The van der Waals surface area contributed by atoms with Crippen LogP contribution in [0.2, 0.25) is 0 Å². The molecule has 0 bridgehead atoms. The maximum atomic E-state index is 12.3. The lowest BCUT2D eigenvalue weighted by molar-refractivity contribution is -0.116. The van der Waals surface area contributed by atoms with Crippen molar-refractivity contribution in [2.75, 3.05) is 18.4 Å². The number of carbonyl (C=O) groups is 2. The number of hydrogen-bond donors (Lipinski definition) is 1. The highest BCUT2D eigenvalue weighted by atomic mass is 16.5. The van der Waals surface area contributed by atoms with E-state index in [1.807, 2.05) is 13.8 Å². The van der Waals surface area contributed by atoms with E-state index in [9.17, 15) is 9.59 Å². The average molecular weight is 393 g/mol. The van der Waals surface area contributed by atoms with Gasteiger partial charge in [0.15, 0.2) is 0 Å². The summed E-state index contributed by atoms with van der Waals surface area (Å²) in [5, 5.41) is 6.73. The fraction of sp³-hybridized carbons (Fsp3) is 0.286. The van der Waals surface area contributed by atoms with Crippen molar-refractivity contribution in [3.8, 4) is 11.4 Å². The van der Waals surface area contributed by atoms with E-state index in [2.05, 4.69) is 20.4 Å². The molecule has 2 amide bonds. The minimum absolute atomic E-state index is 0.0192. The largest absolute Gasteiger partial charge is 0.339 e. The first-order chi connectivity index (χ1) is 14.1. The zero-order valence-electron chi connectivity index (χ0n) is 16.5. The van der Waals surface area contributed by atoms with Crippen molar-refractivity contribution in [1.82, 2.24) is 20.0 Å². The molecule has 0 aliphatic rings. The maximum Gasteiger partial charge on any atom is 0.253 e. The highest BCUT2D eigenvalue weighted by Gasteiger charge is 2.13. The van der Waals surface area contributed by atoms with Gasteiger partial charge in [0.1, 0.15) is 0 Å². The van der Waals surface area contributed by atoms with Crippen molar-refractivity contribution in [2.45, 2.75) is 26.7 Å². The molecule has 0 radical (unpaired) electrons. The first kappa shape index (κ1) is 20.2. The molecular formula is C21H23N5O3. The van der Waals surface area contributed by atoms with Gasteiger partial charge in [0.05, 0.1) is 0 Å². The third kappa shape index (κ3) is 5.25. The molecule has 1 aromatic carbocycles. The molecule has 8 nitrogen and oxygen atoms in total. The van der Waals surface area contributed by atoms with Gasteiger partial charge < -0.3 is 14.7 Å². The van der Waals surface area contributed by atoms with Crippen molar-refractivity contribution in [2.24, 2.45) is 0 Å². The summed E-state index contributed by atoms with van der Waals surface area (Å²) in [5.41, 5.74) is 2.04. The number of amides is 2. The summed E-state index contributed by atoms with van der Waals surface area (Å²) in [6, 6.07) is 10.5. The molecule has 0 spiro atoms. The molecule has 3 rings (SSSR count). The molecule has 0 fully saturated rings. The SMILES string of the molecule is CCN(CC)C(=O)c1ccc(NC(=O)CCc2nc(-c3ccncc3)no2)cc1. The third-order valence-electron chi connectivity index (χ3n) is 4.44. The van der Waals surface area contributed by atoms with Crippen LogP contribution in [0.5, 0.6) is 0 Å². The molecule has 3 aromatic rings. The van der Waals surface area contributed by atoms with Gasteiger partial charge in [-0.2, -0.15) is 4.98 Å². The second-order valence-electron chi connectivity index (χ2n) is 6.35. The molecule has 2 aromatic heterocycles. The van der Waals surface area contributed by atoms with Crippen LogP contribution in [0, 0.1) is 0 Å². The molecule has 0 saturated heterocycles. The Kier molecular flexibility index (Phi) is 6.67. The maximum absolute atomic E-state index is 12.3. The number of benzene rings is 1. The molecule has 0 saturated carbocycles. The van der Waals surface area contributed by atoms with Crippen LogP contribution < -0.4 is 5.32 Å². The topological polar surface area (TPSA) is 101 Å². The summed E-state index contributed by atoms with van der Waals surface area (Å²) >= 11 is 0. The predicted octanol–water partition coefficient (Wildman–Crippen LogP) is 3.18. The van der Waals surface area contributed by atoms with E-state index in [-0.39, 0.29) is 18.2 Å². The highest BCUT2D eigenvalue weighted by Crippen LogP contribution is 2.15. The first-order valence-corrected chi connectivity index (χ1v) is 9.52. The van der Waals surface area contributed by atoms with E-state index in [4.69, 9.17) is 4.52 Å².